The van der Waals surface area contributed by atoms with E-state index in [-0.39, 0.29) is 120 Å². The number of benzene rings is 1. The van der Waals surface area contributed by atoms with Gasteiger partial charge in [-0.05, 0) is 162 Å². The molecule has 0 bridgehead atoms. The Labute approximate surface area is 844 Å². The minimum Gasteiger partial charge on any atom is -0.463 e. The van der Waals surface area contributed by atoms with Crippen molar-refractivity contribution < 1.29 is 105 Å². The van der Waals surface area contributed by atoms with Crippen LogP contribution in [0.2, 0.25) is 0 Å². The number of carbonyl (C=O) groups excluding carboxylic acids is 16. The smallest absolute Gasteiger partial charge is 0.330 e. The Bertz CT molecular complexity index is 3650. The van der Waals surface area contributed by atoms with Crippen LogP contribution in [0.1, 0.15) is 342 Å². The summed E-state index contributed by atoms with van der Waals surface area (Å²) in [5.74, 6) is -2.28. The van der Waals surface area contributed by atoms with Gasteiger partial charge in [0, 0.05) is 122 Å². The van der Waals surface area contributed by atoms with Gasteiger partial charge in [0.1, 0.15) is 13.2 Å². The van der Waals surface area contributed by atoms with Crippen LogP contribution >= 0.6 is 0 Å². The molecule has 1 rings (SSSR count). The molecule has 42 heteroatoms. The molecule has 0 saturated heterocycles. The van der Waals surface area contributed by atoms with Crippen LogP contribution in [0, 0.1) is 12.8 Å². The predicted molar refractivity (Wildman–Crippen MR) is 545 cm³/mol. The van der Waals surface area contributed by atoms with Crippen molar-refractivity contribution in [3.05, 3.63) is 35.4 Å². The largest absolute Gasteiger partial charge is 0.463 e. The van der Waals surface area contributed by atoms with Crippen LogP contribution in [0.25, 0.3) is 0 Å². The molecular weight excluding hydrogens is 1830 g/mol. The van der Waals surface area contributed by atoms with Gasteiger partial charge >= 0.3 is 66.2 Å². The SMILES string of the molecule is CCCCCCNC(=O)NC(=O)NC(=O)NCCCCCCCC(=O)OCC(COC(=O)CCCCCCCNC(=O)NC(=O)NC(=O)NCCCCCCCCOCC(COCCCCCCCCNC(=O)NC(=O)NC(=O)NCCCCCCCCOCC(COCCC)NC(=O)C(N)CCCCNC)NC(=O)CCC(C)(N)CCC(C)C(=O)NC(C)C)NC(=O)CCCC(=O)NCc1ccc(C)cc1. The second-order valence-electron chi connectivity index (χ2n) is 37.2. The Kier molecular flexibility index (Phi) is 80.0. The quantitative estimate of drug-likeness (QED) is 0.0213. The van der Waals surface area contributed by atoms with Gasteiger partial charge in [0.25, 0.3) is 0 Å². The summed E-state index contributed by atoms with van der Waals surface area (Å²) in [6.07, 6.45) is 31.3. The molecule has 0 radical (unpaired) electrons. The third kappa shape index (κ3) is 81.3. The molecule has 22 N–H and O–H groups in total. The van der Waals surface area contributed by atoms with Crippen molar-refractivity contribution in [3.8, 4) is 0 Å². The molecule has 0 heterocycles. The van der Waals surface area contributed by atoms with E-state index in [0.717, 1.165) is 185 Å². The number of unbranched alkanes of at least 4 members (excludes halogenated alkanes) is 27. The number of carbonyl (C=O) groups is 16. The number of rotatable bonds is 85. The third-order valence-electron chi connectivity index (χ3n) is 22.9. The van der Waals surface area contributed by atoms with Gasteiger partial charge in [-0.25, -0.2) is 43.2 Å². The normalized spacial score (nSPS) is 12.5. The van der Waals surface area contributed by atoms with Crippen LogP contribution in [0.5, 0.6) is 0 Å². The van der Waals surface area contributed by atoms with Crippen molar-refractivity contribution in [2.75, 3.05) is 119 Å². The van der Waals surface area contributed by atoms with Gasteiger partial charge < -0.3 is 104 Å². The van der Waals surface area contributed by atoms with Crippen LogP contribution in [0.15, 0.2) is 24.3 Å². The first-order chi connectivity index (χ1) is 68.3. The van der Waals surface area contributed by atoms with Crippen molar-refractivity contribution in [1.29, 1.82) is 0 Å². The standard InChI is InChI=1S/C100H182N20O22/c1-9-11-12-34-59-104-91(128)115-97(134)119-95(132)108-63-38-26-19-21-31-48-87(124)141-74-82(113-85(122)47-44-46-84(121)110-69-79-52-50-77(5)51-53-79)75-142-88(125)49-32-22-20-27-39-64-109-96(133)120-99(136)118-94(131)106-61-36-24-14-17-29-42-67-139-71-80(112-86(123)55-57-100(7,102)56-54-78(6)89(126)111-76(3)4)70-138-66-41-28-16-13-23-35-60-105-92(129)116-98(135)117-93(130)107-62-37-25-15-18-30-43-68-140-73-81(72-137-65-10-2)114-90(127)83(101)45-33-40-58-103-8/h50-53,76,78,80-83,103H,9-49,54-75,101-102H2,1-8H3,(H,110,121)(H,111,126)(H,112,123)(H,113,122)(H,114,127)(H4,104,108,115,119,128,132,134)(H4,105,107,116,117,129,130,135)(H4,106,109,118,120,131,133,136). The number of amides is 23. The number of urea groups is 9. The molecule has 0 spiro atoms. The predicted octanol–water partition coefficient (Wildman–Crippen LogP) is 11.4. The second-order valence-corrected chi connectivity index (χ2v) is 37.2. The van der Waals surface area contributed by atoms with Crippen LogP contribution in [-0.4, -0.2) is 250 Å². The Morgan fingerprint density at radius 1 is 0.324 bits per heavy atom. The molecule has 1 aromatic rings. The summed E-state index contributed by atoms with van der Waals surface area (Å²) in [7, 11) is 1.90. The fraction of sp³-hybridized carbons (Fsp3) is 0.780. The van der Waals surface area contributed by atoms with E-state index in [9.17, 15) is 76.7 Å². The zero-order valence-electron chi connectivity index (χ0n) is 87.0. The fourth-order valence-electron chi connectivity index (χ4n) is 14.4. The van der Waals surface area contributed by atoms with Crippen LogP contribution in [0.4, 0.5) is 43.2 Å². The highest BCUT2D eigenvalue weighted by Gasteiger charge is 2.27. The zero-order chi connectivity index (χ0) is 105. The summed E-state index contributed by atoms with van der Waals surface area (Å²) in [5, 5.41) is 45.9. The molecule has 1 aromatic carbocycles. The number of nitrogens with one attached hydrogen (secondary N) is 18. The molecule has 0 aliphatic rings. The maximum atomic E-state index is 13.4. The number of hydrogen-bond donors (Lipinski definition) is 20. The van der Waals surface area contributed by atoms with E-state index < -0.39 is 95.8 Å². The van der Waals surface area contributed by atoms with Crippen LogP contribution < -0.4 is 107 Å². The second kappa shape index (κ2) is 87.4. The lowest BCUT2D eigenvalue weighted by molar-refractivity contribution is -0.149. The molecule has 6 atom stereocenters. The summed E-state index contributed by atoms with van der Waals surface area (Å²) in [6.45, 7) is 19.6. The maximum absolute atomic E-state index is 13.4. The summed E-state index contributed by atoms with van der Waals surface area (Å²) in [6, 6.07) is -1.57. The third-order valence-corrected chi connectivity index (χ3v) is 22.9. The summed E-state index contributed by atoms with van der Waals surface area (Å²) >= 11 is 0. The Morgan fingerprint density at radius 3 is 1.04 bits per heavy atom. The van der Waals surface area contributed by atoms with E-state index in [4.69, 9.17) is 39.9 Å². The summed E-state index contributed by atoms with van der Waals surface area (Å²) in [4.78, 5) is 200. The van der Waals surface area contributed by atoms with Gasteiger partial charge in [-0.3, -0.25) is 65.5 Å². The van der Waals surface area contributed by atoms with Crippen molar-refractivity contribution >= 4 is 95.8 Å². The van der Waals surface area contributed by atoms with Gasteiger partial charge in [-0.1, -0.05) is 192 Å². The van der Waals surface area contributed by atoms with E-state index >= 15 is 0 Å². The molecule has 0 aliphatic carbocycles. The lowest BCUT2D eigenvalue weighted by Crippen LogP contribution is -2.49. The first-order valence-corrected chi connectivity index (χ1v) is 52.6. The highest BCUT2D eigenvalue weighted by molar-refractivity contribution is 6.02. The van der Waals surface area contributed by atoms with Crippen molar-refractivity contribution in [2.45, 2.75) is 380 Å². The molecule has 42 nitrogen and oxygen atoms in total. The minimum atomic E-state index is -0.992. The minimum absolute atomic E-state index is 0.00311. The molecular formula is C100H182N20O22. The topological polar surface area (TPSA) is 597 Å². The van der Waals surface area contributed by atoms with E-state index in [0.29, 0.717) is 156 Å². The molecule has 0 fully saturated rings. The molecule has 0 saturated carbocycles. The molecule has 814 valence electrons. The number of imide groups is 6. The van der Waals surface area contributed by atoms with E-state index in [1.54, 1.807) is 0 Å². The molecule has 6 unspecified atom stereocenters. The highest BCUT2D eigenvalue weighted by Crippen LogP contribution is 2.21. The van der Waals surface area contributed by atoms with Crippen LogP contribution in [-0.2, 0) is 68.5 Å². The molecule has 23 amide bonds. The lowest BCUT2D eigenvalue weighted by Gasteiger charge is -2.26. The van der Waals surface area contributed by atoms with Crippen LogP contribution in [0.3, 0.4) is 0 Å². The van der Waals surface area contributed by atoms with Crippen molar-refractivity contribution in [2.24, 2.45) is 17.4 Å². The lowest BCUT2D eigenvalue weighted by atomic mass is 9.88. The van der Waals surface area contributed by atoms with E-state index in [2.05, 4.69) is 92.0 Å². The average molecular weight is 2020 g/mol. The van der Waals surface area contributed by atoms with Crippen molar-refractivity contribution in [1.82, 2.24) is 95.7 Å². The number of ether oxygens (including phenoxy) is 6. The Morgan fingerprint density at radius 2 is 0.662 bits per heavy atom. The first kappa shape index (κ1) is 130. The Hall–Kier alpha value is -10.1. The van der Waals surface area contributed by atoms with E-state index in [1.165, 1.54) is 0 Å². The highest BCUT2D eigenvalue weighted by atomic mass is 16.5. The molecule has 0 aliphatic heterocycles. The monoisotopic (exact) mass is 2020 g/mol. The van der Waals surface area contributed by atoms with Gasteiger partial charge in [0.05, 0.1) is 50.6 Å². The average Bonchev–Trinajstić information content (AvgIpc) is 0.898. The van der Waals surface area contributed by atoms with E-state index in [1.807, 2.05) is 83.5 Å². The Balaban J connectivity index is 2.41. The van der Waals surface area contributed by atoms with Gasteiger partial charge in [0.2, 0.25) is 29.5 Å². The van der Waals surface area contributed by atoms with Gasteiger partial charge in [0.15, 0.2) is 0 Å². The summed E-state index contributed by atoms with van der Waals surface area (Å²) in [5.41, 5.74) is 14.1. The molecule has 0 aromatic heterocycles. The first-order valence-electron chi connectivity index (χ1n) is 52.6. The zero-order valence-corrected chi connectivity index (χ0v) is 87.0. The number of aryl methyl sites for hydroxylation is 1. The number of esters is 2. The van der Waals surface area contributed by atoms with Crippen molar-refractivity contribution in [3.63, 3.8) is 0 Å². The van der Waals surface area contributed by atoms with Gasteiger partial charge in [-0.2, -0.15) is 0 Å². The van der Waals surface area contributed by atoms with Gasteiger partial charge in [-0.15, -0.1) is 0 Å². The number of hydrogen-bond acceptors (Lipinski definition) is 25. The summed E-state index contributed by atoms with van der Waals surface area (Å²) < 4.78 is 34.7. The molecule has 142 heavy (non-hydrogen) atoms. The number of nitrogens with two attached hydrogens (primary N) is 2. The maximum Gasteiger partial charge on any atom is 0.330 e. The fourth-order valence-corrected chi connectivity index (χ4v) is 14.4.